The highest BCUT2D eigenvalue weighted by Gasteiger charge is 2.58. The van der Waals surface area contributed by atoms with Crippen LogP contribution in [-0.4, -0.2) is 40.8 Å². The molecule has 3 aliphatic rings. The van der Waals surface area contributed by atoms with Crippen molar-refractivity contribution in [3.63, 3.8) is 0 Å². The Morgan fingerprint density at radius 3 is 2.78 bits per heavy atom. The van der Waals surface area contributed by atoms with Crippen molar-refractivity contribution in [3.05, 3.63) is 0 Å². The zero-order valence-corrected chi connectivity index (χ0v) is 11.7. The third-order valence-electron chi connectivity index (χ3n) is 4.73. The van der Waals surface area contributed by atoms with Crippen molar-refractivity contribution >= 4 is 6.09 Å². The van der Waals surface area contributed by atoms with E-state index in [2.05, 4.69) is 10.2 Å². The van der Waals surface area contributed by atoms with E-state index in [1.54, 1.807) is 0 Å². The molecular formula is C14H24N2O2. The fourth-order valence-corrected chi connectivity index (χ4v) is 4.09. The predicted octanol–water partition coefficient (Wildman–Crippen LogP) is 2.28. The number of carbonyl (C=O) groups is 1. The molecule has 18 heavy (non-hydrogen) atoms. The number of carbonyl (C=O) groups excluding carboxylic acids is 1. The normalized spacial score (nSPS) is 38.7. The molecule has 102 valence electrons. The van der Waals surface area contributed by atoms with Crippen LogP contribution in [0.5, 0.6) is 0 Å². The summed E-state index contributed by atoms with van der Waals surface area (Å²) in [6.45, 7) is 6.87. The van der Waals surface area contributed by atoms with Gasteiger partial charge in [-0.2, -0.15) is 0 Å². The first-order valence-corrected chi connectivity index (χ1v) is 7.18. The van der Waals surface area contributed by atoms with E-state index < -0.39 is 5.60 Å². The summed E-state index contributed by atoms with van der Waals surface area (Å²) in [6, 6.07) is 0.903. The van der Waals surface area contributed by atoms with Gasteiger partial charge in [0.25, 0.3) is 0 Å². The van der Waals surface area contributed by atoms with Gasteiger partial charge in [0, 0.05) is 12.1 Å². The summed E-state index contributed by atoms with van der Waals surface area (Å²) in [5.41, 5.74) is -0.336. The Bertz CT molecular complexity index is 361. The molecule has 3 heterocycles. The Hall–Kier alpha value is -0.770. The summed E-state index contributed by atoms with van der Waals surface area (Å²) >= 11 is 0. The van der Waals surface area contributed by atoms with E-state index in [4.69, 9.17) is 4.74 Å². The van der Waals surface area contributed by atoms with Crippen LogP contribution in [0.15, 0.2) is 0 Å². The van der Waals surface area contributed by atoms with E-state index in [0.29, 0.717) is 12.1 Å². The molecule has 0 radical (unpaired) electrons. The van der Waals surface area contributed by atoms with Crippen molar-refractivity contribution in [1.82, 2.24) is 10.2 Å². The van der Waals surface area contributed by atoms with Crippen molar-refractivity contribution in [2.45, 2.75) is 76.1 Å². The molecule has 0 aliphatic carbocycles. The van der Waals surface area contributed by atoms with Crippen molar-refractivity contribution in [3.8, 4) is 0 Å². The van der Waals surface area contributed by atoms with Crippen LogP contribution in [0.1, 0.15) is 52.9 Å². The highest BCUT2D eigenvalue weighted by molar-refractivity contribution is 5.71. The Kier molecular flexibility index (Phi) is 2.63. The van der Waals surface area contributed by atoms with Gasteiger partial charge in [-0.05, 0) is 59.4 Å². The molecule has 0 aromatic rings. The fraction of sp³-hybridized carbons (Fsp3) is 0.929. The van der Waals surface area contributed by atoms with Crippen molar-refractivity contribution < 1.29 is 9.53 Å². The first-order valence-electron chi connectivity index (χ1n) is 7.18. The molecule has 3 fully saturated rings. The number of nitrogens with one attached hydrogen (secondary N) is 1. The number of piperidine rings is 1. The molecule has 3 aliphatic heterocycles. The van der Waals surface area contributed by atoms with Crippen LogP contribution in [0.25, 0.3) is 0 Å². The third-order valence-corrected chi connectivity index (χ3v) is 4.73. The van der Waals surface area contributed by atoms with Gasteiger partial charge < -0.3 is 10.1 Å². The lowest BCUT2D eigenvalue weighted by molar-refractivity contribution is -0.0165. The van der Waals surface area contributed by atoms with E-state index in [0.717, 1.165) is 32.2 Å². The molecule has 1 amide bonds. The fourth-order valence-electron chi connectivity index (χ4n) is 4.09. The smallest absolute Gasteiger partial charge is 0.411 e. The van der Waals surface area contributed by atoms with Crippen LogP contribution < -0.4 is 5.32 Å². The summed E-state index contributed by atoms with van der Waals surface area (Å²) in [5.74, 6) is 0. The average Bonchev–Trinajstić information content (AvgIpc) is 2.78. The van der Waals surface area contributed by atoms with Gasteiger partial charge in [-0.1, -0.05) is 0 Å². The van der Waals surface area contributed by atoms with E-state index in [9.17, 15) is 4.79 Å². The van der Waals surface area contributed by atoms with E-state index >= 15 is 0 Å². The Balaban J connectivity index is 1.85. The second-order valence-electron chi connectivity index (χ2n) is 6.98. The van der Waals surface area contributed by atoms with Gasteiger partial charge in [0.1, 0.15) is 5.60 Å². The Labute approximate surface area is 109 Å². The molecule has 4 heteroatoms. The highest BCUT2D eigenvalue weighted by Crippen LogP contribution is 2.48. The minimum atomic E-state index is -0.397. The molecule has 3 saturated heterocycles. The maximum Gasteiger partial charge on any atom is 0.411 e. The molecule has 0 aromatic heterocycles. The van der Waals surface area contributed by atoms with Gasteiger partial charge in [0.15, 0.2) is 0 Å². The second-order valence-corrected chi connectivity index (χ2v) is 6.98. The minimum Gasteiger partial charge on any atom is -0.444 e. The van der Waals surface area contributed by atoms with E-state index in [1.165, 1.54) is 6.42 Å². The molecule has 1 N–H and O–H groups in total. The zero-order chi connectivity index (χ0) is 13.0. The van der Waals surface area contributed by atoms with Crippen LogP contribution in [0, 0.1) is 0 Å². The monoisotopic (exact) mass is 252 g/mol. The van der Waals surface area contributed by atoms with Crippen molar-refractivity contribution in [2.75, 3.05) is 6.54 Å². The van der Waals surface area contributed by atoms with Crippen LogP contribution in [-0.2, 0) is 4.74 Å². The van der Waals surface area contributed by atoms with E-state index in [-0.39, 0.29) is 11.6 Å². The lowest BCUT2D eigenvalue weighted by Crippen LogP contribution is -2.60. The molecule has 0 saturated carbocycles. The molecule has 3 rings (SSSR count). The molecule has 1 spiro atoms. The van der Waals surface area contributed by atoms with Crippen LogP contribution in [0.2, 0.25) is 0 Å². The number of ether oxygens (including phenoxy) is 1. The van der Waals surface area contributed by atoms with Crippen molar-refractivity contribution in [2.24, 2.45) is 0 Å². The molecule has 3 atom stereocenters. The highest BCUT2D eigenvalue weighted by atomic mass is 16.6. The maximum absolute atomic E-state index is 12.5. The Morgan fingerprint density at radius 1 is 1.28 bits per heavy atom. The number of nitrogens with zero attached hydrogens (tertiary/aromatic N) is 1. The molecule has 0 aromatic carbocycles. The van der Waals surface area contributed by atoms with Crippen LogP contribution >= 0.6 is 0 Å². The topological polar surface area (TPSA) is 41.6 Å². The minimum absolute atomic E-state index is 0.0608. The quantitative estimate of drug-likeness (QED) is 0.719. The molecule has 2 bridgehead atoms. The zero-order valence-electron chi connectivity index (χ0n) is 11.7. The number of amides is 1. The summed E-state index contributed by atoms with van der Waals surface area (Å²) in [7, 11) is 0. The molecule has 3 unspecified atom stereocenters. The van der Waals surface area contributed by atoms with Crippen LogP contribution in [0.3, 0.4) is 0 Å². The second kappa shape index (κ2) is 3.86. The maximum atomic E-state index is 12.5. The number of hydrogen-bond acceptors (Lipinski definition) is 3. The number of hydrogen-bond donors (Lipinski definition) is 1. The summed E-state index contributed by atoms with van der Waals surface area (Å²) in [4.78, 5) is 14.6. The third kappa shape index (κ3) is 1.73. The SMILES string of the molecule is CC(C)(C)OC(=O)N1C2CCC3NCCC31CC2. The van der Waals surface area contributed by atoms with Gasteiger partial charge in [-0.25, -0.2) is 4.79 Å². The lowest BCUT2D eigenvalue weighted by Gasteiger charge is -2.46. The van der Waals surface area contributed by atoms with Gasteiger partial charge >= 0.3 is 6.09 Å². The van der Waals surface area contributed by atoms with Crippen molar-refractivity contribution in [1.29, 1.82) is 0 Å². The molecular weight excluding hydrogens is 228 g/mol. The standard InChI is InChI=1S/C14H24N2O2/c1-13(2,3)18-12(17)16-10-4-5-11-14(16,7-6-10)8-9-15-11/h10-11,15H,4-9H2,1-3H3. The summed E-state index contributed by atoms with van der Waals surface area (Å²) in [5, 5.41) is 3.58. The van der Waals surface area contributed by atoms with Gasteiger partial charge in [0.05, 0.1) is 5.54 Å². The average molecular weight is 252 g/mol. The predicted molar refractivity (Wildman–Crippen MR) is 69.5 cm³/mol. The van der Waals surface area contributed by atoms with E-state index in [1.807, 2.05) is 20.8 Å². The van der Waals surface area contributed by atoms with Gasteiger partial charge in [-0.3, -0.25) is 4.90 Å². The Morgan fingerprint density at radius 2 is 2.06 bits per heavy atom. The summed E-state index contributed by atoms with van der Waals surface area (Å²) < 4.78 is 5.62. The first kappa shape index (κ1) is 12.3. The number of fused-ring (bicyclic) bond motifs is 1. The lowest BCUT2D eigenvalue weighted by atomic mass is 9.84. The van der Waals surface area contributed by atoms with Gasteiger partial charge in [0.2, 0.25) is 0 Å². The molecule has 4 nitrogen and oxygen atoms in total. The van der Waals surface area contributed by atoms with Crippen LogP contribution in [0.4, 0.5) is 4.79 Å². The number of rotatable bonds is 0. The first-order chi connectivity index (χ1) is 8.42. The summed E-state index contributed by atoms with van der Waals surface area (Å²) in [6.07, 6.45) is 5.63. The van der Waals surface area contributed by atoms with Gasteiger partial charge in [-0.15, -0.1) is 0 Å². The largest absolute Gasteiger partial charge is 0.444 e.